The Morgan fingerprint density at radius 2 is 2.04 bits per heavy atom. The van der Waals surface area contributed by atoms with E-state index in [0.29, 0.717) is 19.8 Å². The van der Waals surface area contributed by atoms with E-state index < -0.39 is 6.10 Å². The number of aromatic nitrogens is 2. The van der Waals surface area contributed by atoms with Crippen LogP contribution in [0.2, 0.25) is 0 Å². The summed E-state index contributed by atoms with van der Waals surface area (Å²) in [5, 5.41) is 12.3. The zero-order chi connectivity index (χ0) is 18.6. The number of thiophene rings is 1. The summed E-state index contributed by atoms with van der Waals surface area (Å²) in [6.45, 7) is 3.26. The van der Waals surface area contributed by atoms with Crippen LogP contribution in [0.3, 0.4) is 0 Å². The van der Waals surface area contributed by atoms with Gasteiger partial charge >= 0.3 is 5.69 Å². The SMILES string of the molecule is O=c1[nH]c2ccccc2n1C1CCN(CC(O)COCc2cccs2)CC1. The molecule has 2 N–H and O–H groups in total. The van der Waals surface area contributed by atoms with Gasteiger partial charge in [-0.3, -0.25) is 4.57 Å². The number of nitrogens with zero attached hydrogens (tertiary/aromatic N) is 2. The number of hydrogen-bond donors (Lipinski definition) is 2. The number of hydrogen-bond acceptors (Lipinski definition) is 5. The van der Waals surface area contributed by atoms with Crippen molar-refractivity contribution in [2.45, 2.75) is 31.6 Å². The van der Waals surface area contributed by atoms with Gasteiger partial charge in [0.25, 0.3) is 0 Å². The van der Waals surface area contributed by atoms with Crippen molar-refractivity contribution in [3.63, 3.8) is 0 Å². The van der Waals surface area contributed by atoms with Crippen LogP contribution in [0.4, 0.5) is 0 Å². The standard InChI is InChI=1S/C20H25N3O3S/c24-16(13-26-14-17-4-3-11-27-17)12-22-9-7-15(8-10-22)23-19-6-2-1-5-18(19)21-20(23)25/h1-6,11,15-16,24H,7-10,12-14H2,(H,21,25). The maximum absolute atomic E-state index is 12.4. The first kappa shape index (κ1) is 18.4. The Balaban J connectivity index is 1.27. The van der Waals surface area contributed by atoms with Gasteiger partial charge in [-0.25, -0.2) is 4.79 Å². The molecule has 0 amide bonds. The van der Waals surface area contributed by atoms with Gasteiger partial charge in [0.15, 0.2) is 0 Å². The van der Waals surface area contributed by atoms with Gasteiger partial charge in [-0.15, -0.1) is 11.3 Å². The summed E-state index contributed by atoms with van der Waals surface area (Å²) < 4.78 is 7.51. The Kier molecular flexibility index (Phi) is 5.73. The number of fused-ring (bicyclic) bond motifs is 1. The van der Waals surface area contributed by atoms with Crippen molar-refractivity contribution in [1.82, 2.24) is 14.5 Å². The van der Waals surface area contributed by atoms with Crippen LogP contribution in [-0.2, 0) is 11.3 Å². The normalized spacial score (nSPS) is 17.5. The summed E-state index contributed by atoms with van der Waals surface area (Å²) in [7, 11) is 0. The maximum Gasteiger partial charge on any atom is 0.326 e. The van der Waals surface area contributed by atoms with Gasteiger partial charge in [0, 0.05) is 30.6 Å². The number of likely N-dealkylation sites (tertiary alicyclic amines) is 1. The fourth-order valence-electron chi connectivity index (χ4n) is 3.84. The maximum atomic E-state index is 12.4. The van der Waals surface area contributed by atoms with Crippen molar-refractivity contribution in [3.05, 3.63) is 57.1 Å². The van der Waals surface area contributed by atoms with Crippen LogP contribution in [-0.4, -0.2) is 51.9 Å². The average molecular weight is 388 g/mol. The molecule has 0 spiro atoms. The summed E-state index contributed by atoms with van der Waals surface area (Å²) >= 11 is 1.66. The van der Waals surface area contributed by atoms with Gasteiger partial charge in [0.2, 0.25) is 0 Å². The van der Waals surface area contributed by atoms with Gasteiger partial charge in [-0.1, -0.05) is 18.2 Å². The number of aromatic amines is 1. The lowest BCUT2D eigenvalue weighted by molar-refractivity contribution is 0.00561. The predicted molar refractivity (Wildman–Crippen MR) is 107 cm³/mol. The van der Waals surface area contributed by atoms with Crippen molar-refractivity contribution < 1.29 is 9.84 Å². The third-order valence-electron chi connectivity index (χ3n) is 5.15. The van der Waals surface area contributed by atoms with E-state index in [-0.39, 0.29) is 11.7 Å². The summed E-state index contributed by atoms with van der Waals surface area (Å²) in [4.78, 5) is 18.7. The van der Waals surface area contributed by atoms with Crippen molar-refractivity contribution in [1.29, 1.82) is 0 Å². The molecule has 6 nitrogen and oxygen atoms in total. The minimum Gasteiger partial charge on any atom is -0.389 e. The number of piperidine rings is 1. The summed E-state index contributed by atoms with van der Waals surface area (Å²) in [6, 6.07) is 12.1. The van der Waals surface area contributed by atoms with Crippen molar-refractivity contribution >= 4 is 22.4 Å². The first-order valence-electron chi connectivity index (χ1n) is 9.40. The van der Waals surface area contributed by atoms with E-state index in [0.717, 1.165) is 37.0 Å². The Labute approximate surface area is 162 Å². The first-order valence-corrected chi connectivity index (χ1v) is 10.3. The number of aliphatic hydroxyl groups excluding tert-OH is 1. The van der Waals surface area contributed by atoms with E-state index >= 15 is 0 Å². The molecule has 0 aliphatic carbocycles. The van der Waals surface area contributed by atoms with Crippen molar-refractivity contribution in [2.75, 3.05) is 26.2 Å². The van der Waals surface area contributed by atoms with Crippen LogP contribution in [0, 0.1) is 0 Å². The molecule has 1 aliphatic heterocycles. The summed E-state index contributed by atoms with van der Waals surface area (Å²) in [6.07, 6.45) is 1.33. The zero-order valence-corrected chi connectivity index (χ0v) is 16.0. The molecule has 1 aliphatic rings. The number of ether oxygens (including phenoxy) is 1. The number of H-pyrrole nitrogens is 1. The van der Waals surface area contributed by atoms with Crippen LogP contribution >= 0.6 is 11.3 Å². The monoisotopic (exact) mass is 387 g/mol. The quantitative estimate of drug-likeness (QED) is 0.654. The molecule has 1 atom stereocenters. The third kappa shape index (κ3) is 4.32. The molecule has 1 fully saturated rings. The Bertz CT molecular complexity index is 910. The van der Waals surface area contributed by atoms with E-state index in [9.17, 15) is 9.90 Å². The molecule has 144 valence electrons. The molecule has 27 heavy (non-hydrogen) atoms. The fraction of sp³-hybridized carbons (Fsp3) is 0.450. The number of benzene rings is 1. The molecule has 4 rings (SSSR count). The second-order valence-electron chi connectivity index (χ2n) is 7.10. The lowest BCUT2D eigenvalue weighted by atomic mass is 10.0. The van der Waals surface area contributed by atoms with Gasteiger partial charge < -0.3 is 19.7 Å². The lowest BCUT2D eigenvalue weighted by Gasteiger charge is -2.33. The molecule has 1 unspecified atom stereocenters. The van der Waals surface area contributed by atoms with Crippen LogP contribution in [0.1, 0.15) is 23.8 Å². The average Bonchev–Trinajstić information content (AvgIpc) is 3.29. The molecule has 0 saturated carbocycles. The van der Waals surface area contributed by atoms with E-state index in [2.05, 4.69) is 9.88 Å². The third-order valence-corrected chi connectivity index (χ3v) is 6.00. The summed E-state index contributed by atoms with van der Waals surface area (Å²) in [5.41, 5.74) is 1.84. The van der Waals surface area contributed by atoms with Crippen molar-refractivity contribution in [2.24, 2.45) is 0 Å². The van der Waals surface area contributed by atoms with E-state index in [4.69, 9.17) is 4.74 Å². The number of nitrogens with one attached hydrogen (secondary N) is 1. The molecular weight excluding hydrogens is 362 g/mol. The largest absolute Gasteiger partial charge is 0.389 e. The Morgan fingerprint density at radius 1 is 1.22 bits per heavy atom. The molecular formula is C20H25N3O3S. The molecule has 1 aromatic carbocycles. The van der Waals surface area contributed by atoms with Crippen LogP contribution in [0.25, 0.3) is 11.0 Å². The van der Waals surface area contributed by atoms with Crippen LogP contribution in [0.15, 0.2) is 46.6 Å². The fourth-order valence-corrected chi connectivity index (χ4v) is 4.48. The highest BCUT2D eigenvalue weighted by atomic mass is 32.1. The highest BCUT2D eigenvalue weighted by Gasteiger charge is 2.24. The van der Waals surface area contributed by atoms with Gasteiger partial charge in [0.1, 0.15) is 0 Å². The van der Waals surface area contributed by atoms with E-state index in [1.807, 2.05) is 46.3 Å². The zero-order valence-electron chi connectivity index (χ0n) is 15.2. The second-order valence-corrected chi connectivity index (χ2v) is 8.13. The highest BCUT2D eigenvalue weighted by Crippen LogP contribution is 2.24. The molecule has 7 heteroatoms. The number of β-amino-alcohol motifs (C(OH)–C–C–N with tert-alkyl or cyclic N) is 1. The Morgan fingerprint density at radius 3 is 2.81 bits per heavy atom. The number of imidazole rings is 1. The molecule has 0 radical (unpaired) electrons. The predicted octanol–water partition coefficient (Wildman–Crippen LogP) is 2.61. The molecule has 3 aromatic rings. The number of aliphatic hydroxyl groups is 1. The van der Waals surface area contributed by atoms with Gasteiger partial charge in [-0.2, -0.15) is 0 Å². The highest BCUT2D eigenvalue weighted by molar-refractivity contribution is 7.09. The number of rotatable bonds is 7. The number of para-hydroxylation sites is 2. The van der Waals surface area contributed by atoms with Crippen LogP contribution in [0.5, 0.6) is 0 Å². The summed E-state index contributed by atoms with van der Waals surface area (Å²) in [5.74, 6) is 0. The minimum atomic E-state index is -0.489. The van der Waals surface area contributed by atoms with E-state index in [1.54, 1.807) is 11.3 Å². The smallest absolute Gasteiger partial charge is 0.326 e. The lowest BCUT2D eigenvalue weighted by Crippen LogP contribution is -2.41. The van der Waals surface area contributed by atoms with Crippen molar-refractivity contribution in [3.8, 4) is 0 Å². The van der Waals surface area contributed by atoms with E-state index in [1.165, 1.54) is 4.88 Å². The molecule has 3 heterocycles. The molecule has 0 bridgehead atoms. The minimum absolute atomic E-state index is 0.0309. The first-order chi connectivity index (χ1) is 13.2. The Hall–Kier alpha value is -1.93. The topological polar surface area (TPSA) is 70.5 Å². The molecule has 1 saturated heterocycles. The second kappa shape index (κ2) is 8.39. The van der Waals surface area contributed by atoms with Gasteiger partial charge in [0.05, 0.1) is 30.4 Å². The molecule has 2 aromatic heterocycles. The van der Waals surface area contributed by atoms with Gasteiger partial charge in [-0.05, 0) is 36.4 Å². The van der Waals surface area contributed by atoms with Crippen LogP contribution < -0.4 is 5.69 Å².